The minimum absolute atomic E-state index is 0.735. The van der Waals surface area contributed by atoms with Crippen molar-refractivity contribution in [1.82, 2.24) is 14.8 Å². The summed E-state index contributed by atoms with van der Waals surface area (Å²) in [5.74, 6) is 1.60. The topological polar surface area (TPSA) is 30.7 Å². The van der Waals surface area contributed by atoms with Crippen molar-refractivity contribution in [3.8, 4) is 5.82 Å². The molecule has 16 heavy (non-hydrogen) atoms. The lowest BCUT2D eigenvalue weighted by molar-refractivity contribution is 0.841. The van der Waals surface area contributed by atoms with Crippen molar-refractivity contribution < 1.29 is 0 Å². The molecule has 0 N–H and O–H groups in total. The fourth-order valence-electron chi connectivity index (χ4n) is 1.70. The first-order valence-corrected chi connectivity index (χ1v) is 6.80. The second-order valence-electron chi connectivity index (χ2n) is 3.92. The van der Waals surface area contributed by atoms with Gasteiger partial charge in [-0.05, 0) is 58.1 Å². The summed E-state index contributed by atoms with van der Waals surface area (Å²) in [7, 11) is 6.83. The maximum atomic E-state index is 5.66. The van der Waals surface area contributed by atoms with E-state index >= 15 is 0 Å². The van der Waals surface area contributed by atoms with Gasteiger partial charge < -0.3 is 0 Å². The summed E-state index contributed by atoms with van der Waals surface area (Å²) in [4.78, 5) is 5.25. The zero-order valence-corrected chi connectivity index (χ0v) is 10.1. The Hall–Kier alpha value is -1.00. The molecule has 0 atom stereocenters. The van der Waals surface area contributed by atoms with Gasteiger partial charge in [-0.1, -0.05) is 0 Å². The lowest BCUT2D eigenvalue weighted by atomic mass is 10.2. The Morgan fingerprint density at radius 1 is 1.44 bits per heavy atom. The maximum absolute atomic E-state index is 5.66. The van der Waals surface area contributed by atoms with Crippen molar-refractivity contribution in [2.24, 2.45) is 0 Å². The van der Waals surface area contributed by atoms with Crippen LogP contribution in [-0.4, -0.2) is 14.8 Å². The van der Waals surface area contributed by atoms with Gasteiger partial charge in [0, 0.05) is 12.4 Å². The van der Waals surface area contributed by atoms with E-state index < -0.39 is 0 Å². The Balaban J connectivity index is 1.95. The molecule has 0 aromatic carbocycles. The zero-order chi connectivity index (χ0) is 11.0. The van der Waals surface area contributed by atoms with Crippen molar-refractivity contribution in [3.63, 3.8) is 0 Å². The van der Waals surface area contributed by atoms with Crippen LogP contribution in [0.4, 0.5) is 0 Å². The third-order valence-corrected chi connectivity index (χ3v) is 3.62. The van der Waals surface area contributed by atoms with E-state index in [9.17, 15) is 0 Å². The molecule has 0 bridgehead atoms. The second-order valence-corrected chi connectivity index (χ2v) is 5.01. The number of halogens is 1. The van der Waals surface area contributed by atoms with E-state index in [1.54, 1.807) is 10.9 Å². The summed E-state index contributed by atoms with van der Waals surface area (Å²) >= 11 is 0. The van der Waals surface area contributed by atoms with Gasteiger partial charge in [0.15, 0.2) is 5.82 Å². The van der Waals surface area contributed by atoms with Gasteiger partial charge in [0.2, 0.25) is 0 Å². The number of pyridine rings is 1. The van der Waals surface area contributed by atoms with Crippen molar-refractivity contribution in [2.75, 3.05) is 0 Å². The zero-order valence-electron chi connectivity index (χ0n) is 8.51. The van der Waals surface area contributed by atoms with Gasteiger partial charge in [0.1, 0.15) is 0 Å². The predicted molar refractivity (Wildman–Crippen MR) is 65.0 cm³/mol. The standard InChI is InChI=1S/C11H10ClN3S/c12-16-10-6-14-15(7-10)11-5-9(3-4-13-11)8-1-2-8/h3-8H,1-2H2. The summed E-state index contributed by atoms with van der Waals surface area (Å²) < 4.78 is 1.76. The first kappa shape index (κ1) is 10.2. The molecule has 1 saturated carbocycles. The molecule has 0 spiro atoms. The van der Waals surface area contributed by atoms with Gasteiger partial charge in [0.05, 0.1) is 11.1 Å². The van der Waals surface area contributed by atoms with Gasteiger partial charge in [-0.2, -0.15) is 5.10 Å². The molecule has 1 fully saturated rings. The number of hydrogen-bond acceptors (Lipinski definition) is 3. The smallest absolute Gasteiger partial charge is 0.153 e. The molecule has 5 heteroatoms. The van der Waals surface area contributed by atoms with E-state index in [2.05, 4.69) is 22.2 Å². The minimum Gasteiger partial charge on any atom is -0.237 e. The molecule has 0 aliphatic heterocycles. The van der Waals surface area contributed by atoms with E-state index in [1.807, 2.05) is 12.4 Å². The van der Waals surface area contributed by atoms with E-state index in [1.165, 1.54) is 29.4 Å². The Morgan fingerprint density at radius 2 is 2.31 bits per heavy atom. The highest BCUT2D eigenvalue weighted by Gasteiger charge is 2.23. The third kappa shape index (κ3) is 1.95. The Kier molecular flexibility index (Phi) is 2.61. The molecule has 2 aromatic heterocycles. The lowest BCUT2D eigenvalue weighted by Crippen LogP contribution is -1.98. The number of aromatic nitrogens is 3. The van der Waals surface area contributed by atoms with Crippen LogP contribution < -0.4 is 0 Å². The lowest BCUT2D eigenvalue weighted by Gasteiger charge is -2.02. The maximum Gasteiger partial charge on any atom is 0.153 e. The number of nitrogens with zero attached hydrogens (tertiary/aromatic N) is 3. The van der Waals surface area contributed by atoms with Crippen molar-refractivity contribution in [2.45, 2.75) is 23.7 Å². The fourth-order valence-corrected chi connectivity index (χ4v) is 2.17. The molecular formula is C11H10ClN3S. The highest BCUT2D eigenvalue weighted by Crippen LogP contribution is 2.40. The van der Waals surface area contributed by atoms with Gasteiger partial charge >= 0.3 is 0 Å². The van der Waals surface area contributed by atoms with Gasteiger partial charge in [0.25, 0.3) is 0 Å². The molecule has 3 nitrogen and oxygen atoms in total. The summed E-state index contributed by atoms with van der Waals surface area (Å²) in [6.07, 6.45) is 8.06. The van der Waals surface area contributed by atoms with Gasteiger partial charge in [-0.25, -0.2) is 9.67 Å². The molecule has 1 aliphatic carbocycles. The van der Waals surface area contributed by atoms with E-state index in [0.29, 0.717) is 0 Å². The van der Waals surface area contributed by atoms with Gasteiger partial charge in [-0.15, -0.1) is 0 Å². The number of rotatable bonds is 3. The predicted octanol–water partition coefficient (Wildman–Crippen LogP) is 3.39. The molecule has 2 aromatic rings. The average Bonchev–Trinajstić information content (AvgIpc) is 3.07. The second kappa shape index (κ2) is 4.11. The molecule has 2 heterocycles. The quantitative estimate of drug-likeness (QED) is 0.838. The summed E-state index contributed by atoms with van der Waals surface area (Å²) in [5, 5.41) is 4.23. The highest BCUT2D eigenvalue weighted by atomic mass is 35.7. The monoisotopic (exact) mass is 251 g/mol. The highest BCUT2D eigenvalue weighted by molar-refractivity contribution is 8.21. The SMILES string of the molecule is ClSc1cnn(-c2cc(C3CC3)ccn2)c1. The largest absolute Gasteiger partial charge is 0.237 e. The van der Waals surface area contributed by atoms with Crippen molar-refractivity contribution in [3.05, 3.63) is 36.3 Å². The normalized spacial score (nSPS) is 15.3. The molecule has 0 unspecified atom stereocenters. The number of hydrogen-bond donors (Lipinski definition) is 0. The molecule has 1 aliphatic rings. The van der Waals surface area contributed by atoms with Crippen LogP contribution in [0.5, 0.6) is 0 Å². The first-order chi connectivity index (χ1) is 7.86. The van der Waals surface area contributed by atoms with Crippen LogP contribution in [-0.2, 0) is 0 Å². The average molecular weight is 252 g/mol. The first-order valence-electron chi connectivity index (χ1n) is 5.16. The molecular weight excluding hydrogens is 242 g/mol. The Morgan fingerprint density at radius 3 is 3.00 bits per heavy atom. The summed E-state index contributed by atoms with van der Waals surface area (Å²) in [6.45, 7) is 0. The van der Waals surface area contributed by atoms with Crippen LogP contribution in [0.1, 0.15) is 24.3 Å². The van der Waals surface area contributed by atoms with Crippen LogP contribution in [0.15, 0.2) is 35.6 Å². The third-order valence-electron chi connectivity index (χ3n) is 2.70. The fraction of sp³-hybridized carbons (Fsp3) is 0.273. The minimum atomic E-state index is 0.735. The van der Waals surface area contributed by atoms with Crippen molar-refractivity contribution in [1.29, 1.82) is 0 Å². The molecule has 0 saturated heterocycles. The molecule has 3 rings (SSSR count). The van der Waals surface area contributed by atoms with Crippen molar-refractivity contribution >= 4 is 21.7 Å². The van der Waals surface area contributed by atoms with E-state index in [0.717, 1.165) is 16.6 Å². The molecule has 0 amide bonds. The van der Waals surface area contributed by atoms with Crippen LogP contribution in [0.25, 0.3) is 5.82 Å². The molecule has 0 radical (unpaired) electrons. The van der Waals surface area contributed by atoms with Crippen LogP contribution in [0.2, 0.25) is 0 Å². The Bertz CT molecular complexity index is 507. The van der Waals surface area contributed by atoms with Crippen LogP contribution in [0, 0.1) is 0 Å². The van der Waals surface area contributed by atoms with Crippen LogP contribution in [0.3, 0.4) is 0 Å². The summed E-state index contributed by atoms with van der Waals surface area (Å²) in [5.41, 5.74) is 1.36. The van der Waals surface area contributed by atoms with Gasteiger partial charge in [-0.3, -0.25) is 0 Å². The van der Waals surface area contributed by atoms with E-state index in [4.69, 9.17) is 10.7 Å². The summed E-state index contributed by atoms with van der Waals surface area (Å²) in [6, 6.07) is 4.19. The van der Waals surface area contributed by atoms with E-state index in [-0.39, 0.29) is 0 Å². The Labute approximate surface area is 102 Å². The molecule has 82 valence electrons. The van der Waals surface area contributed by atoms with Crippen LogP contribution >= 0.6 is 21.7 Å².